The van der Waals surface area contributed by atoms with Gasteiger partial charge in [0.25, 0.3) is 0 Å². The Hall–Kier alpha value is -0.0800. The van der Waals surface area contributed by atoms with E-state index in [0.717, 1.165) is 30.5 Å². The average Bonchev–Trinajstić information content (AvgIpc) is 2.34. The number of rotatable bonds is 3. The van der Waals surface area contributed by atoms with Crippen LogP contribution in [0.3, 0.4) is 0 Å². The van der Waals surface area contributed by atoms with Gasteiger partial charge in [-0.15, -0.1) is 0 Å². The predicted octanol–water partition coefficient (Wildman–Crippen LogP) is 3.01. The molecule has 4 unspecified atom stereocenters. The first-order valence-corrected chi connectivity index (χ1v) is 7.68. The number of hydrogen-bond donors (Lipinski definition) is 1. The molecule has 0 aromatic rings. The Balaban J connectivity index is 1.94. The molecule has 0 aromatic heterocycles. The van der Waals surface area contributed by atoms with E-state index in [1.54, 1.807) is 0 Å². The van der Waals surface area contributed by atoms with Crippen molar-refractivity contribution in [3.63, 3.8) is 0 Å². The zero-order valence-electron chi connectivity index (χ0n) is 11.7. The number of nitrogens with zero attached hydrogens (tertiary/aromatic N) is 1. The Morgan fingerprint density at radius 3 is 2.59 bits per heavy atom. The molecule has 1 saturated heterocycles. The molecule has 2 N–H and O–H groups in total. The molecule has 2 fully saturated rings. The Kier molecular flexibility index (Phi) is 4.87. The molecule has 4 atom stereocenters. The van der Waals surface area contributed by atoms with E-state index in [2.05, 4.69) is 18.7 Å². The second kappa shape index (κ2) is 6.19. The monoisotopic (exact) mass is 238 g/mol. The van der Waals surface area contributed by atoms with Crippen LogP contribution in [0.5, 0.6) is 0 Å². The van der Waals surface area contributed by atoms with Crippen LogP contribution >= 0.6 is 0 Å². The summed E-state index contributed by atoms with van der Waals surface area (Å²) in [6.45, 7) is 7.06. The molecule has 1 aliphatic heterocycles. The van der Waals surface area contributed by atoms with Gasteiger partial charge in [0.05, 0.1) is 0 Å². The van der Waals surface area contributed by atoms with Crippen molar-refractivity contribution >= 4 is 0 Å². The highest BCUT2D eigenvalue weighted by Gasteiger charge is 2.33. The molecule has 2 rings (SSSR count). The molecule has 0 radical (unpaired) electrons. The maximum Gasteiger partial charge on any atom is 0.0110 e. The van der Waals surface area contributed by atoms with Crippen molar-refractivity contribution in [2.24, 2.45) is 17.6 Å². The molecule has 2 heteroatoms. The van der Waals surface area contributed by atoms with Crippen LogP contribution < -0.4 is 5.73 Å². The molecular weight excluding hydrogens is 208 g/mol. The first kappa shape index (κ1) is 13.4. The molecule has 100 valence electrons. The topological polar surface area (TPSA) is 29.3 Å². The van der Waals surface area contributed by atoms with Gasteiger partial charge in [-0.1, -0.05) is 20.3 Å². The van der Waals surface area contributed by atoms with Crippen LogP contribution in [-0.2, 0) is 0 Å². The summed E-state index contributed by atoms with van der Waals surface area (Å²) in [5.74, 6) is 1.85. The minimum absolute atomic E-state index is 0.791. The van der Waals surface area contributed by atoms with Crippen LogP contribution in [-0.4, -0.2) is 30.1 Å². The van der Waals surface area contributed by atoms with E-state index in [1.807, 2.05) is 0 Å². The lowest BCUT2D eigenvalue weighted by molar-refractivity contribution is 0.0448. The van der Waals surface area contributed by atoms with Gasteiger partial charge in [0.15, 0.2) is 0 Å². The summed E-state index contributed by atoms with van der Waals surface area (Å²) < 4.78 is 0. The van der Waals surface area contributed by atoms with Crippen molar-refractivity contribution in [1.82, 2.24) is 4.90 Å². The van der Waals surface area contributed by atoms with E-state index < -0.39 is 0 Å². The smallest absolute Gasteiger partial charge is 0.0110 e. The summed E-state index contributed by atoms with van der Waals surface area (Å²) in [4.78, 5) is 2.82. The summed E-state index contributed by atoms with van der Waals surface area (Å²) in [6, 6.07) is 1.65. The van der Waals surface area contributed by atoms with Gasteiger partial charge in [-0.05, 0) is 63.5 Å². The van der Waals surface area contributed by atoms with Crippen molar-refractivity contribution in [3.8, 4) is 0 Å². The standard InChI is InChI=1S/C15H30N2/c1-12-6-7-15(11-13(12)2)17-10-4-3-5-14(17)8-9-16/h12-15H,3-11,16H2,1-2H3. The van der Waals surface area contributed by atoms with Crippen molar-refractivity contribution in [1.29, 1.82) is 0 Å². The van der Waals surface area contributed by atoms with Gasteiger partial charge in [0, 0.05) is 12.1 Å². The molecule has 17 heavy (non-hydrogen) atoms. The third-order valence-electron chi connectivity index (χ3n) is 5.21. The Bertz CT molecular complexity index is 227. The van der Waals surface area contributed by atoms with Crippen LogP contribution in [0.2, 0.25) is 0 Å². The first-order valence-electron chi connectivity index (χ1n) is 7.68. The summed E-state index contributed by atoms with van der Waals surface area (Å²) in [6.07, 6.45) is 9.69. The zero-order valence-corrected chi connectivity index (χ0v) is 11.7. The molecule has 2 nitrogen and oxygen atoms in total. The first-order chi connectivity index (χ1) is 8.22. The maximum atomic E-state index is 5.77. The van der Waals surface area contributed by atoms with Crippen molar-refractivity contribution in [2.45, 2.75) is 70.9 Å². The van der Waals surface area contributed by atoms with E-state index in [-0.39, 0.29) is 0 Å². The SMILES string of the molecule is CC1CCC(N2CCCCC2CCN)CC1C. The van der Waals surface area contributed by atoms with Gasteiger partial charge in [0.2, 0.25) is 0 Å². The second-order valence-electron chi connectivity index (χ2n) is 6.39. The van der Waals surface area contributed by atoms with Crippen molar-refractivity contribution in [3.05, 3.63) is 0 Å². The summed E-state index contributed by atoms with van der Waals surface area (Å²) in [7, 11) is 0. The van der Waals surface area contributed by atoms with Gasteiger partial charge in [-0.25, -0.2) is 0 Å². The lowest BCUT2D eigenvalue weighted by atomic mass is 9.77. The Morgan fingerprint density at radius 1 is 1.06 bits per heavy atom. The number of piperidine rings is 1. The fourth-order valence-electron chi connectivity index (χ4n) is 3.83. The van der Waals surface area contributed by atoms with Gasteiger partial charge >= 0.3 is 0 Å². The quantitative estimate of drug-likeness (QED) is 0.819. The average molecular weight is 238 g/mol. The van der Waals surface area contributed by atoms with Crippen LogP contribution in [0.4, 0.5) is 0 Å². The van der Waals surface area contributed by atoms with E-state index in [9.17, 15) is 0 Å². The third-order valence-corrected chi connectivity index (χ3v) is 5.21. The fourth-order valence-corrected chi connectivity index (χ4v) is 3.83. The summed E-state index contributed by atoms with van der Waals surface area (Å²) >= 11 is 0. The van der Waals surface area contributed by atoms with Gasteiger partial charge < -0.3 is 5.73 Å². The highest BCUT2D eigenvalue weighted by atomic mass is 15.2. The number of hydrogen-bond acceptors (Lipinski definition) is 2. The van der Waals surface area contributed by atoms with Crippen LogP contribution in [0, 0.1) is 11.8 Å². The van der Waals surface area contributed by atoms with Gasteiger partial charge in [-0.3, -0.25) is 4.90 Å². The lowest BCUT2D eigenvalue weighted by Crippen LogP contribution is -2.49. The summed E-state index contributed by atoms with van der Waals surface area (Å²) in [5.41, 5.74) is 5.77. The molecule has 1 saturated carbocycles. The molecule has 0 spiro atoms. The zero-order chi connectivity index (χ0) is 12.3. The third kappa shape index (κ3) is 3.23. The Morgan fingerprint density at radius 2 is 1.88 bits per heavy atom. The lowest BCUT2D eigenvalue weighted by Gasteiger charge is -2.45. The van der Waals surface area contributed by atoms with E-state index in [4.69, 9.17) is 5.73 Å². The molecule has 1 heterocycles. The van der Waals surface area contributed by atoms with Gasteiger partial charge in [-0.2, -0.15) is 0 Å². The van der Waals surface area contributed by atoms with E-state index >= 15 is 0 Å². The Labute approximate surface area is 107 Å². The number of likely N-dealkylation sites (tertiary alicyclic amines) is 1. The molecule has 2 aliphatic rings. The van der Waals surface area contributed by atoms with Crippen LogP contribution in [0.1, 0.15) is 58.8 Å². The van der Waals surface area contributed by atoms with Gasteiger partial charge in [0.1, 0.15) is 0 Å². The van der Waals surface area contributed by atoms with Crippen LogP contribution in [0.25, 0.3) is 0 Å². The van der Waals surface area contributed by atoms with Crippen molar-refractivity contribution < 1.29 is 0 Å². The predicted molar refractivity (Wildman–Crippen MR) is 74.0 cm³/mol. The fraction of sp³-hybridized carbons (Fsp3) is 1.00. The normalized spacial score (nSPS) is 40.4. The van der Waals surface area contributed by atoms with E-state index in [1.165, 1.54) is 51.5 Å². The van der Waals surface area contributed by atoms with Crippen LogP contribution in [0.15, 0.2) is 0 Å². The molecule has 0 bridgehead atoms. The molecule has 0 aromatic carbocycles. The summed E-state index contributed by atoms with van der Waals surface area (Å²) in [5, 5.41) is 0. The molecule has 1 aliphatic carbocycles. The highest BCUT2D eigenvalue weighted by Crippen LogP contribution is 2.35. The largest absolute Gasteiger partial charge is 0.330 e. The maximum absolute atomic E-state index is 5.77. The minimum atomic E-state index is 0.791. The number of nitrogens with two attached hydrogens (primary N) is 1. The van der Waals surface area contributed by atoms with Crippen molar-refractivity contribution in [2.75, 3.05) is 13.1 Å². The molecule has 0 amide bonds. The second-order valence-corrected chi connectivity index (χ2v) is 6.39. The highest BCUT2D eigenvalue weighted by molar-refractivity contribution is 4.87. The minimum Gasteiger partial charge on any atom is -0.330 e. The molecular formula is C15H30N2. The van der Waals surface area contributed by atoms with E-state index in [0.29, 0.717) is 0 Å².